The first-order chi connectivity index (χ1) is 10.6. The van der Waals surface area contributed by atoms with Crippen molar-refractivity contribution in [2.75, 3.05) is 0 Å². The van der Waals surface area contributed by atoms with Crippen molar-refractivity contribution in [3.05, 3.63) is 54.2 Å². The van der Waals surface area contributed by atoms with Crippen molar-refractivity contribution in [2.45, 2.75) is 19.4 Å². The smallest absolute Gasteiger partial charge is 0.235 e. The van der Waals surface area contributed by atoms with Gasteiger partial charge in [-0.3, -0.25) is 4.57 Å². The molecule has 110 valence electrons. The highest BCUT2D eigenvalue weighted by molar-refractivity contribution is 6.47. The summed E-state index contributed by atoms with van der Waals surface area (Å²) in [6, 6.07) is 8.37. The van der Waals surface area contributed by atoms with E-state index >= 15 is 0 Å². The molecule has 0 aliphatic rings. The molecule has 2 heterocycles. The van der Waals surface area contributed by atoms with Gasteiger partial charge >= 0.3 is 0 Å². The number of aromatic nitrogens is 3. The number of fused-ring (bicyclic) bond motifs is 1. The van der Waals surface area contributed by atoms with Crippen LogP contribution in [0.3, 0.4) is 0 Å². The largest absolute Gasteiger partial charge is 0.271 e. The summed E-state index contributed by atoms with van der Waals surface area (Å²) in [4.78, 5) is 8.60. The van der Waals surface area contributed by atoms with E-state index in [2.05, 4.69) is 35.3 Å². The minimum absolute atomic E-state index is 0.255. The molecule has 0 fully saturated rings. The Balaban J connectivity index is 2.19. The van der Waals surface area contributed by atoms with Crippen LogP contribution in [0.5, 0.6) is 0 Å². The molecule has 0 bridgehead atoms. The maximum Gasteiger partial charge on any atom is 0.235 e. The Morgan fingerprint density at radius 1 is 1.18 bits per heavy atom. The minimum atomic E-state index is -0.427. The van der Waals surface area contributed by atoms with Gasteiger partial charge < -0.3 is 0 Å². The number of benzene rings is 1. The van der Waals surface area contributed by atoms with Crippen molar-refractivity contribution in [1.29, 1.82) is 0 Å². The third kappa shape index (κ3) is 2.92. The summed E-state index contributed by atoms with van der Waals surface area (Å²) in [6.45, 7) is 4.37. The maximum absolute atomic E-state index is 13.5. The van der Waals surface area contributed by atoms with E-state index in [4.69, 9.17) is 0 Å². The fourth-order valence-corrected chi connectivity index (χ4v) is 2.94. The number of nitrogens with zero attached hydrogens (tertiary/aromatic N) is 3. The zero-order valence-electron chi connectivity index (χ0n) is 12.5. The predicted octanol–water partition coefficient (Wildman–Crippen LogP) is 2.87. The second-order valence-corrected chi connectivity index (χ2v) is 7.91. The minimum Gasteiger partial charge on any atom is -0.271 e. The molecule has 22 heavy (non-hydrogen) atoms. The molecule has 2 aromatic heterocycles. The summed E-state index contributed by atoms with van der Waals surface area (Å²) in [5, 5.41) is 0.808. The molecule has 3 aromatic rings. The van der Waals surface area contributed by atoms with Crippen molar-refractivity contribution in [2.24, 2.45) is 0 Å². The SMILES string of the molecule is CC(C)[SiH2]C#Cc1cc2cc(F)ccc2n1-c1ncccn1. The normalized spacial score (nSPS) is 11.3. The topological polar surface area (TPSA) is 30.7 Å². The average molecular weight is 309 g/mol. The average Bonchev–Trinajstić information content (AvgIpc) is 2.85. The molecule has 0 N–H and O–H groups in total. The van der Waals surface area contributed by atoms with Gasteiger partial charge in [-0.1, -0.05) is 19.8 Å². The maximum atomic E-state index is 13.5. The third-order valence-corrected chi connectivity index (χ3v) is 4.44. The van der Waals surface area contributed by atoms with Gasteiger partial charge in [0, 0.05) is 17.8 Å². The van der Waals surface area contributed by atoms with Crippen LogP contribution in [0.2, 0.25) is 5.54 Å². The van der Waals surface area contributed by atoms with Crippen LogP contribution in [0.25, 0.3) is 16.9 Å². The highest BCUT2D eigenvalue weighted by Gasteiger charge is 2.11. The molecule has 3 rings (SSSR count). The van der Waals surface area contributed by atoms with Crippen molar-refractivity contribution in [1.82, 2.24) is 14.5 Å². The molecule has 0 unspecified atom stereocenters. The van der Waals surface area contributed by atoms with E-state index in [-0.39, 0.29) is 5.82 Å². The van der Waals surface area contributed by atoms with Crippen molar-refractivity contribution < 1.29 is 4.39 Å². The van der Waals surface area contributed by atoms with E-state index in [1.54, 1.807) is 24.5 Å². The lowest BCUT2D eigenvalue weighted by Gasteiger charge is -2.04. The molecular weight excluding hydrogens is 293 g/mol. The lowest BCUT2D eigenvalue weighted by molar-refractivity contribution is 0.629. The Morgan fingerprint density at radius 2 is 1.95 bits per heavy atom. The van der Waals surface area contributed by atoms with E-state index in [0.717, 1.165) is 16.6 Å². The lowest BCUT2D eigenvalue weighted by atomic mass is 10.2. The van der Waals surface area contributed by atoms with Gasteiger partial charge in [-0.2, -0.15) is 0 Å². The molecule has 0 amide bonds. The second kappa shape index (κ2) is 6.12. The quantitative estimate of drug-likeness (QED) is 0.538. The summed E-state index contributed by atoms with van der Waals surface area (Å²) in [5.41, 5.74) is 5.62. The lowest BCUT2D eigenvalue weighted by Crippen LogP contribution is -2.02. The fourth-order valence-electron chi connectivity index (χ4n) is 2.25. The van der Waals surface area contributed by atoms with Crippen LogP contribution in [-0.4, -0.2) is 24.1 Å². The summed E-state index contributed by atoms with van der Waals surface area (Å²) < 4.78 is 15.4. The molecule has 0 spiro atoms. The second-order valence-electron chi connectivity index (χ2n) is 5.52. The highest BCUT2D eigenvalue weighted by atomic mass is 28.2. The molecule has 3 nitrogen and oxygen atoms in total. The zero-order valence-corrected chi connectivity index (χ0v) is 14.0. The van der Waals surface area contributed by atoms with E-state index < -0.39 is 9.52 Å². The Kier molecular flexibility index (Phi) is 4.03. The van der Waals surface area contributed by atoms with Gasteiger partial charge in [0.2, 0.25) is 5.95 Å². The Hall–Kier alpha value is -2.45. The van der Waals surface area contributed by atoms with Crippen LogP contribution in [0.1, 0.15) is 19.5 Å². The van der Waals surface area contributed by atoms with Gasteiger partial charge in [0.25, 0.3) is 0 Å². The van der Waals surface area contributed by atoms with Crippen LogP contribution in [0.15, 0.2) is 42.7 Å². The van der Waals surface area contributed by atoms with Gasteiger partial charge in [0.15, 0.2) is 0 Å². The predicted molar refractivity (Wildman–Crippen MR) is 89.3 cm³/mol. The number of hydrogen-bond donors (Lipinski definition) is 0. The zero-order chi connectivity index (χ0) is 15.5. The van der Waals surface area contributed by atoms with E-state index in [1.165, 1.54) is 12.1 Å². The number of halogens is 1. The van der Waals surface area contributed by atoms with Crippen molar-refractivity contribution in [3.8, 4) is 17.4 Å². The molecule has 0 aliphatic heterocycles. The molecule has 5 heteroatoms. The standard InChI is InChI=1S/C17H16FN3Si/c1-12(2)22-9-6-15-11-13-10-14(18)4-5-16(13)21(15)17-19-7-3-8-20-17/h3-5,7-8,10-12H,22H2,1-2H3. The van der Waals surface area contributed by atoms with E-state index in [0.29, 0.717) is 11.5 Å². The van der Waals surface area contributed by atoms with Gasteiger partial charge in [0.1, 0.15) is 15.3 Å². The molecule has 0 saturated carbocycles. The molecule has 0 radical (unpaired) electrons. The Bertz CT molecular complexity index is 860. The van der Waals surface area contributed by atoms with Crippen LogP contribution in [0.4, 0.5) is 4.39 Å². The van der Waals surface area contributed by atoms with Crippen LogP contribution >= 0.6 is 0 Å². The van der Waals surface area contributed by atoms with E-state index in [9.17, 15) is 4.39 Å². The van der Waals surface area contributed by atoms with Gasteiger partial charge in [-0.15, -0.1) is 5.54 Å². The first-order valence-electron chi connectivity index (χ1n) is 7.22. The summed E-state index contributed by atoms with van der Waals surface area (Å²) in [5.74, 6) is 3.52. The van der Waals surface area contributed by atoms with E-state index in [1.807, 2.05) is 10.6 Å². The van der Waals surface area contributed by atoms with Crippen LogP contribution in [0, 0.1) is 17.3 Å². The molecular formula is C17H16FN3Si. The first-order valence-corrected chi connectivity index (χ1v) is 8.75. The highest BCUT2D eigenvalue weighted by Crippen LogP contribution is 2.23. The molecule has 1 aromatic carbocycles. The monoisotopic (exact) mass is 309 g/mol. The van der Waals surface area contributed by atoms with Crippen molar-refractivity contribution in [3.63, 3.8) is 0 Å². The number of rotatable bonds is 2. The first kappa shape index (κ1) is 14.5. The third-order valence-electron chi connectivity index (χ3n) is 3.24. The van der Waals surface area contributed by atoms with Gasteiger partial charge in [-0.25, -0.2) is 14.4 Å². The summed E-state index contributed by atoms with van der Waals surface area (Å²) in [7, 11) is -0.427. The molecule has 0 atom stereocenters. The summed E-state index contributed by atoms with van der Waals surface area (Å²) >= 11 is 0. The Morgan fingerprint density at radius 3 is 2.68 bits per heavy atom. The summed E-state index contributed by atoms with van der Waals surface area (Å²) in [6.07, 6.45) is 3.38. The van der Waals surface area contributed by atoms with Gasteiger partial charge in [0.05, 0.1) is 11.2 Å². The van der Waals surface area contributed by atoms with Gasteiger partial charge in [-0.05, 0) is 35.9 Å². The van der Waals surface area contributed by atoms with Crippen molar-refractivity contribution >= 4 is 20.4 Å². The van der Waals surface area contributed by atoms with Crippen LogP contribution < -0.4 is 0 Å². The Labute approximate surface area is 131 Å². The molecule has 0 saturated heterocycles. The molecule has 0 aliphatic carbocycles. The van der Waals surface area contributed by atoms with Crippen LogP contribution in [-0.2, 0) is 0 Å². The fraction of sp³-hybridized carbons (Fsp3) is 0.176. The number of hydrogen-bond acceptors (Lipinski definition) is 2.